The Bertz CT molecular complexity index is 358. The van der Waals surface area contributed by atoms with E-state index in [9.17, 15) is 4.79 Å². The minimum Gasteiger partial charge on any atom is -0.368 e. The molecule has 0 aromatic heterocycles. The summed E-state index contributed by atoms with van der Waals surface area (Å²) in [6, 6.07) is 7.53. The summed E-state index contributed by atoms with van der Waals surface area (Å²) in [5.41, 5.74) is 0.808. The normalized spacial score (nSPS) is 20.4. The van der Waals surface area contributed by atoms with Crippen LogP contribution in [-0.2, 0) is 9.53 Å². The maximum absolute atomic E-state index is 11.8. The summed E-state index contributed by atoms with van der Waals surface area (Å²) in [5.74, 6) is -0.0398. The Balaban J connectivity index is 1.93. The van der Waals surface area contributed by atoms with Crippen molar-refractivity contribution in [2.75, 3.05) is 11.9 Å². The van der Waals surface area contributed by atoms with E-state index in [0.29, 0.717) is 6.61 Å². The third-order valence-corrected chi connectivity index (χ3v) is 3.11. The lowest BCUT2D eigenvalue weighted by molar-refractivity contribution is -0.129. The predicted octanol–water partition coefficient (Wildman–Crippen LogP) is 2.96. The fraction of sp³-hybridized carbons (Fsp3) is 0.417. The molecule has 1 aliphatic rings. The molecular weight excluding hydrogens is 270 g/mol. The van der Waals surface area contributed by atoms with Gasteiger partial charge in [0.2, 0.25) is 0 Å². The molecule has 1 aromatic carbocycles. The monoisotopic (exact) mass is 283 g/mol. The Hall–Kier alpha value is -0.870. The van der Waals surface area contributed by atoms with Gasteiger partial charge in [0, 0.05) is 16.8 Å². The molecule has 0 spiro atoms. The zero-order chi connectivity index (χ0) is 11.4. The quantitative estimate of drug-likeness (QED) is 0.906. The first-order valence-corrected chi connectivity index (χ1v) is 6.23. The summed E-state index contributed by atoms with van der Waals surface area (Å²) in [6.45, 7) is 0.693. The van der Waals surface area contributed by atoms with Gasteiger partial charge in [-0.1, -0.05) is 15.9 Å². The number of benzene rings is 1. The zero-order valence-electron chi connectivity index (χ0n) is 8.91. The van der Waals surface area contributed by atoms with Crippen molar-refractivity contribution in [2.24, 2.45) is 0 Å². The Morgan fingerprint density at radius 2 is 2.06 bits per heavy atom. The van der Waals surface area contributed by atoms with Crippen LogP contribution < -0.4 is 5.32 Å². The van der Waals surface area contributed by atoms with Crippen molar-refractivity contribution < 1.29 is 9.53 Å². The molecule has 4 heteroatoms. The molecule has 1 saturated heterocycles. The highest BCUT2D eigenvalue weighted by Crippen LogP contribution is 2.17. The number of ether oxygens (including phenoxy) is 1. The van der Waals surface area contributed by atoms with E-state index in [1.165, 1.54) is 0 Å². The van der Waals surface area contributed by atoms with Crippen LogP contribution in [0.5, 0.6) is 0 Å². The SMILES string of the molecule is O=C(Nc1ccc(Br)cc1)C1CCCCO1. The molecule has 1 aromatic rings. The molecule has 1 N–H and O–H groups in total. The highest BCUT2D eigenvalue weighted by molar-refractivity contribution is 9.10. The predicted molar refractivity (Wildman–Crippen MR) is 66.4 cm³/mol. The molecule has 16 heavy (non-hydrogen) atoms. The maximum Gasteiger partial charge on any atom is 0.253 e. The highest BCUT2D eigenvalue weighted by atomic mass is 79.9. The second kappa shape index (κ2) is 5.46. The molecule has 2 rings (SSSR count). The largest absolute Gasteiger partial charge is 0.368 e. The third kappa shape index (κ3) is 3.06. The van der Waals surface area contributed by atoms with Gasteiger partial charge in [-0.25, -0.2) is 0 Å². The average Bonchev–Trinajstić information content (AvgIpc) is 2.33. The van der Waals surface area contributed by atoms with Crippen LogP contribution in [0.1, 0.15) is 19.3 Å². The minimum absolute atomic E-state index is 0.0398. The first-order chi connectivity index (χ1) is 7.75. The molecule has 0 aliphatic carbocycles. The van der Waals surface area contributed by atoms with Gasteiger partial charge in [0.25, 0.3) is 5.91 Å². The summed E-state index contributed by atoms with van der Waals surface area (Å²) in [5, 5.41) is 2.85. The van der Waals surface area contributed by atoms with Gasteiger partial charge in [-0.2, -0.15) is 0 Å². The van der Waals surface area contributed by atoms with E-state index in [2.05, 4.69) is 21.2 Å². The van der Waals surface area contributed by atoms with E-state index in [0.717, 1.165) is 29.4 Å². The molecule has 86 valence electrons. The van der Waals surface area contributed by atoms with Gasteiger partial charge in [0.15, 0.2) is 0 Å². The fourth-order valence-electron chi connectivity index (χ4n) is 1.70. The van der Waals surface area contributed by atoms with Crippen LogP contribution in [0.3, 0.4) is 0 Å². The number of carbonyl (C=O) groups excluding carboxylic acids is 1. The number of hydrogen-bond acceptors (Lipinski definition) is 2. The Morgan fingerprint density at radius 1 is 1.31 bits per heavy atom. The number of halogens is 1. The number of carbonyl (C=O) groups is 1. The second-order valence-corrected chi connectivity index (χ2v) is 4.77. The Morgan fingerprint density at radius 3 is 2.69 bits per heavy atom. The van der Waals surface area contributed by atoms with Gasteiger partial charge < -0.3 is 10.1 Å². The number of hydrogen-bond donors (Lipinski definition) is 1. The van der Waals surface area contributed by atoms with Gasteiger partial charge in [0.05, 0.1) is 0 Å². The standard InChI is InChI=1S/C12H14BrNO2/c13-9-4-6-10(7-5-9)14-12(15)11-3-1-2-8-16-11/h4-7,11H,1-3,8H2,(H,14,15). The van der Waals surface area contributed by atoms with Gasteiger partial charge in [-0.05, 0) is 43.5 Å². The Kier molecular flexibility index (Phi) is 3.96. The zero-order valence-corrected chi connectivity index (χ0v) is 10.5. The van der Waals surface area contributed by atoms with E-state index >= 15 is 0 Å². The second-order valence-electron chi connectivity index (χ2n) is 3.85. The molecule has 1 unspecified atom stereocenters. The van der Waals surface area contributed by atoms with Gasteiger partial charge in [-0.3, -0.25) is 4.79 Å². The molecule has 1 heterocycles. The molecule has 0 saturated carbocycles. The topological polar surface area (TPSA) is 38.3 Å². The minimum atomic E-state index is -0.280. The van der Waals surface area contributed by atoms with Crippen molar-refractivity contribution in [2.45, 2.75) is 25.4 Å². The van der Waals surface area contributed by atoms with Crippen molar-refractivity contribution in [1.82, 2.24) is 0 Å². The maximum atomic E-state index is 11.8. The van der Waals surface area contributed by atoms with Crippen LogP contribution >= 0.6 is 15.9 Å². The van der Waals surface area contributed by atoms with Crippen LogP contribution in [0.15, 0.2) is 28.7 Å². The van der Waals surface area contributed by atoms with E-state index in [1.54, 1.807) is 0 Å². The van der Waals surface area contributed by atoms with Crippen molar-refractivity contribution >= 4 is 27.5 Å². The van der Waals surface area contributed by atoms with Crippen molar-refractivity contribution in [3.63, 3.8) is 0 Å². The highest BCUT2D eigenvalue weighted by Gasteiger charge is 2.21. The first kappa shape index (κ1) is 11.6. The molecule has 1 fully saturated rings. The molecular formula is C12H14BrNO2. The van der Waals surface area contributed by atoms with Crippen LogP contribution in [0.2, 0.25) is 0 Å². The first-order valence-electron chi connectivity index (χ1n) is 5.44. The summed E-state index contributed by atoms with van der Waals surface area (Å²) >= 11 is 3.35. The summed E-state index contributed by atoms with van der Waals surface area (Å²) in [7, 11) is 0. The number of anilines is 1. The average molecular weight is 284 g/mol. The molecule has 0 radical (unpaired) electrons. The molecule has 0 bridgehead atoms. The van der Waals surface area contributed by atoms with Crippen LogP contribution in [0.25, 0.3) is 0 Å². The molecule has 1 aliphatic heterocycles. The summed E-state index contributed by atoms with van der Waals surface area (Å²) < 4.78 is 6.41. The lowest BCUT2D eigenvalue weighted by Gasteiger charge is -2.21. The van der Waals surface area contributed by atoms with Gasteiger partial charge in [-0.15, -0.1) is 0 Å². The van der Waals surface area contributed by atoms with Gasteiger partial charge in [0.1, 0.15) is 6.10 Å². The lowest BCUT2D eigenvalue weighted by atomic mass is 10.1. The fourth-order valence-corrected chi connectivity index (χ4v) is 1.97. The Labute approximate surface area is 103 Å². The van der Waals surface area contributed by atoms with E-state index < -0.39 is 0 Å². The van der Waals surface area contributed by atoms with Gasteiger partial charge >= 0.3 is 0 Å². The molecule has 1 atom stereocenters. The number of rotatable bonds is 2. The smallest absolute Gasteiger partial charge is 0.253 e. The lowest BCUT2D eigenvalue weighted by Crippen LogP contribution is -2.33. The van der Waals surface area contributed by atoms with Crippen LogP contribution in [0.4, 0.5) is 5.69 Å². The summed E-state index contributed by atoms with van der Waals surface area (Å²) in [4.78, 5) is 11.8. The summed E-state index contributed by atoms with van der Waals surface area (Å²) in [6.07, 6.45) is 2.67. The third-order valence-electron chi connectivity index (χ3n) is 2.58. The van der Waals surface area contributed by atoms with E-state index in [1.807, 2.05) is 24.3 Å². The van der Waals surface area contributed by atoms with Crippen LogP contribution in [0, 0.1) is 0 Å². The number of nitrogens with one attached hydrogen (secondary N) is 1. The van der Waals surface area contributed by atoms with E-state index in [-0.39, 0.29) is 12.0 Å². The number of amides is 1. The van der Waals surface area contributed by atoms with Crippen LogP contribution in [-0.4, -0.2) is 18.6 Å². The molecule has 1 amide bonds. The van der Waals surface area contributed by atoms with E-state index in [4.69, 9.17) is 4.74 Å². The van der Waals surface area contributed by atoms with Crippen molar-refractivity contribution in [3.05, 3.63) is 28.7 Å². The van der Waals surface area contributed by atoms with Crippen molar-refractivity contribution in [3.8, 4) is 0 Å². The molecule has 3 nitrogen and oxygen atoms in total. The van der Waals surface area contributed by atoms with Crippen molar-refractivity contribution in [1.29, 1.82) is 0 Å².